The first-order valence-corrected chi connectivity index (χ1v) is 9.32. The molecule has 0 spiro atoms. The molecule has 26 heavy (non-hydrogen) atoms. The Morgan fingerprint density at radius 2 is 1.58 bits per heavy atom. The number of aliphatic hydroxyl groups is 1. The molecule has 0 radical (unpaired) electrons. The van der Waals surface area contributed by atoms with E-state index in [1.807, 2.05) is 44.3 Å². The standard InChI is InChI=1S/C22H32N2O2/c1-19-10-7-8-13-22(19)26-18-21(25)17-24(3)15-9-14-23(2)16-20-11-5-4-6-12-20/h4-8,10-13,21,25H,9,14-18H2,1-3H3. The molecule has 4 heteroatoms. The van der Waals surface area contributed by atoms with Crippen LogP contribution < -0.4 is 4.74 Å². The van der Waals surface area contributed by atoms with Gasteiger partial charge >= 0.3 is 0 Å². The Labute approximate surface area is 158 Å². The van der Waals surface area contributed by atoms with E-state index in [1.54, 1.807) is 0 Å². The second kappa shape index (κ2) is 11.0. The minimum absolute atomic E-state index is 0.323. The Balaban J connectivity index is 1.60. The number of likely N-dealkylation sites (N-methyl/N-ethyl adjacent to an activating group) is 1. The Kier molecular flexibility index (Phi) is 8.62. The molecule has 2 aromatic carbocycles. The summed E-state index contributed by atoms with van der Waals surface area (Å²) < 4.78 is 5.72. The number of rotatable bonds is 11. The predicted octanol–water partition coefficient (Wildman–Crippen LogP) is 3.19. The van der Waals surface area contributed by atoms with Crippen LogP contribution in [0.3, 0.4) is 0 Å². The molecule has 2 rings (SSSR count). The van der Waals surface area contributed by atoms with Crippen LogP contribution in [0, 0.1) is 6.92 Å². The van der Waals surface area contributed by atoms with Gasteiger partial charge in [0.2, 0.25) is 0 Å². The van der Waals surface area contributed by atoms with Gasteiger partial charge in [0.05, 0.1) is 0 Å². The summed E-state index contributed by atoms with van der Waals surface area (Å²) in [5.74, 6) is 0.844. The van der Waals surface area contributed by atoms with Crippen molar-refractivity contribution in [3.63, 3.8) is 0 Å². The third kappa shape index (κ3) is 7.56. The number of ether oxygens (including phenoxy) is 1. The third-order valence-corrected chi connectivity index (χ3v) is 4.42. The molecule has 0 bridgehead atoms. The predicted molar refractivity (Wildman–Crippen MR) is 108 cm³/mol. The monoisotopic (exact) mass is 356 g/mol. The molecular weight excluding hydrogens is 324 g/mol. The molecule has 0 aliphatic heterocycles. The Bertz CT molecular complexity index is 633. The number of aliphatic hydroxyl groups excluding tert-OH is 1. The van der Waals surface area contributed by atoms with Crippen LogP contribution in [-0.4, -0.2) is 61.3 Å². The lowest BCUT2D eigenvalue weighted by Gasteiger charge is -2.23. The quantitative estimate of drug-likeness (QED) is 0.671. The molecular formula is C22H32N2O2. The highest BCUT2D eigenvalue weighted by atomic mass is 16.5. The zero-order valence-electron chi connectivity index (χ0n) is 16.3. The van der Waals surface area contributed by atoms with E-state index in [4.69, 9.17) is 4.74 Å². The van der Waals surface area contributed by atoms with E-state index in [-0.39, 0.29) is 0 Å². The molecule has 1 atom stereocenters. The van der Waals surface area contributed by atoms with Crippen LogP contribution >= 0.6 is 0 Å². The van der Waals surface area contributed by atoms with Gasteiger partial charge < -0.3 is 19.6 Å². The molecule has 0 aromatic heterocycles. The summed E-state index contributed by atoms with van der Waals surface area (Å²) >= 11 is 0. The van der Waals surface area contributed by atoms with E-state index in [0.717, 1.165) is 37.4 Å². The van der Waals surface area contributed by atoms with E-state index in [0.29, 0.717) is 13.2 Å². The highest BCUT2D eigenvalue weighted by Gasteiger charge is 2.10. The SMILES string of the molecule is Cc1ccccc1OCC(O)CN(C)CCCN(C)Cc1ccccc1. The fourth-order valence-electron chi connectivity index (χ4n) is 2.99. The first kappa shape index (κ1) is 20.4. The van der Waals surface area contributed by atoms with Crippen molar-refractivity contribution in [2.45, 2.75) is 26.0 Å². The number of hydrogen-bond acceptors (Lipinski definition) is 4. The average Bonchev–Trinajstić information content (AvgIpc) is 2.62. The molecule has 142 valence electrons. The summed E-state index contributed by atoms with van der Waals surface area (Å²) in [5.41, 5.74) is 2.43. The molecule has 1 N–H and O–H groups in total. The minimum Gasteiger partial charge on any atom is -0.491 e. The van der Waals surface area contributed by atoms with Gasteiger partial charge in [0.25, 0.3) is 0 Å². The average molecular weight is 357 g/mol. The molecule has 0 fully saturated rings. The molecule has 0 amide bonds. The van der Waals surface area contributed by atoms with Crippen molar-refractivity contribution in [1.29, 1.82) is 0 Å². The summed E-state index contributed by atoms with van der Waals surface area (Å²) in [4.78, 5) is 4.50. The first-order chi connectivity index (χ1) is 12.5. The highest BCUT2D eigenvalue weighted by molar-refractivity contribution is 5.31. The summed E-state index contributed by atoms with van der Waals surface area (Å²) in [5, 5.41) is 10.2. The van der Waals surface area contributed by atoms with Crippen LogP contribution in [0.2, 0.25) is 0 Å². The van der Waals surface area contributed by atoms with Crippen molar-refractivity contribution in [2.75, 3.05) is 40.3 Å². The van der Waals surface area contributed by atoms with Crippen LogP contribution in [-0.2, 0) is 6.54 Å². The number of nitrogens with zero attached hydrogens (tertiary/aromatic N) is 2. The molecule has 0 aliphatic carbocycles. The van der Waals surface area contributed by atoms with Crippen LogP contribution in [0.5, 0.6) is 5.75 Å². The van der Waals surface area contributed by atoms with E-state index >= 15 is 0 Å². The van der Waals surface area contributed by atoms with E-state index in [9.17, 15) is 5.11 Å². The number of aryl methyl sites for hydroxylation is 1. The van der Waals surface area contributed by atoms with Crippen molar-refractivity contribution in [3.8, 4) is 5.75 Å². The number of benzene rings is 2. The smallest absolute Gasteiger partial charge is 0.122 e. The first-order valence-electron chi connectivity index (χ1n) is 9.32. The lowest BCUT2D eigenvalue weighted by atomic mass is 10.2. The van der Waals surface area contributed by atoms with Crippen LogP contribution in [0.4, 0.5) is 0 Å². The van der Waals surface area contributed by atoms with Crippen molar-refractivity contribution in [1.82, 2.24) is 9.80 Å². The minimum atomic E-state index is -0.485. The highest BCUT2D eigenvalue weighted by Crippen LogP contribution is 2.16. The van der Waals surface area contributed by atoms with Gasteiger partial charge in [0, 0.05) is 13.1 Å². The maximum absolute atomic E-state index is 10.2. The lowest BCUT2D eigenvalue weighted by molar-refractivity contribution is 0.0750. The molecule has 0 heterocycles. The normalized spacial score (nSPS) is 12.5. The molecule has 0 aliphatic rings. The van der Waals surface area contributed by atoms with Crippen LogP contribution in [0.25, 0.3) is 0 Å². The van der Waals surface area contributed by atoms with E-state index < -0.39 is 6.10 Å². The van der Waals surface area contributed by atoms with Gasteiger partial charge in [0.15, 0.2) is 0 Å². The third-order valence-electron chi connectivity index (χ3n) is 4.42. The summed E-state index contributed by atoms with van der Waals surface area (Å²) in [6.45, 7) is 5.92. The van der Waals surface area contributed by atoms with Gasteiger partial charge in [-0.1, -0.05) is 48.5 Å². The molecule has 1 unspecified atom stereocenters. The fraction of sp³-hybridized carbons (Fsp3) is 0.455. The summed E-state index contributed by atoms with van der Waals surface area (Å²) in [7, 11) is 4.20. The maximum atomic E-state index is 10.2. The van der Waals surface area contributed by atoms with Gasteiger partial charge in [-0.3, -0.25) is 0 Å². The zero-order valence-corrected chi connectivity index (χ0v) is 16.3. The zero-order chi connectivity index (χ0) is 18.8. The second-order valence-electron chi connectivity index (χ2n) is 7.07. The van der Waals surface area contributed by atoms with Crippen molar-refractivity contribution < 1.29 is 9.84 Å². The second-order valence-corrected chi connectivity index (χ2v) is 7.07. The Hall–Kier alpha value is -1.88. The summed E-state index contributed by atoms with van der Waals surface area (Å²) in [6.07, 6.45) is 0.590. The topological polar surface area (TPSA) is 35.9 Å². The van der Waals surface area contributed by atoms with Gasteiger partial charge in [0.1, 0.15) is 18.5 Å². The summed E-state index contributed by atoms with van der Waals surface area (Å²) in [6, 6.07) is 18.4. The Morgan fingerprint density at radius 3 is 2.31 bits per heavy atom. The van der Waals surface area contributed by atoms with Crippen molar-refractivity contribution in [2.24, 2.45) is 0 Å². The molecule has 4 nitrogen and oxygen atoms in total. The number of para-hydroxylation sites is 1. The van der Waals surface area contributed by atoms with E-state index in [2.05, 4.69) is 41.1 Å². The van der Waals surface area contributed by atoms with E-state index in [1.165, 1.54) is 5.56 Å². The van der Waals surface area contributed by atoms with Gasteiger partial charge in [-0.2, -0.15) is 0 Å². The molecule has 2 aromatic rings. The van der Waals surface area contributed by atoms with Gasteiger partial charge in [-0.15, -0.1) is 0 Å². The largest absolute Gasteiger partial charge is 0.491 e. The van der Waals surface area contributed by atoms with Crippen LogP contribution in [0.1, 0.15) is 17.5 Å². The fourth-order valence-corrected chi connectivity index (χ4v) is 2.99. The Morgan fingerprint density at radius 1 is 0.923 bits per heavy atom. The molecule has 0 saturated heterocycles. The van der Waals surface area contributed by atoms with Crippen molar-refractivity contribution in [3.05, 3.63) is 65.7 Å². The maximum Gasteiger partial charge on any atom is 0.122 e. The van der Waals surface area contributed by atoms with Gasteiger partial charge in [-0.25, -0.2) is 0 Å². The van der Waals surface area contributed by atoms with Crippen LogP contribution in [0.15, 0.2) is 54.6 Å². The molecule has 0 saturated carbocycles. The van der Waals surface area contributed by atoms with Crippen molar-refractivity contribution >= 4 is 0 Å². The van der Waals surface area contributed by atoms with Gasteiger partial charge in [-0.05, 0) is 57.7 Å². The lowest BCUT2D eigenvalue weighted by Crippen LogP contribution is -2.34. The number of hydrogen-bond donors (Lipinski definition) is 1.